The van der Waals surface area contributed by atoms with E-state index < -0.39 is 0 Å². The van der Waals surface area contributed by atoms with Crippen LogP contribution in [0.25, 0.3) is 0 Å². The number of halogens is 1. The van der Waals surface area contributed by atoms with E-state index in [0.29, 0.717) is 5.69 Å². The summed E-state index contributed by atoms with van der Waals surface area (Å²) < 4.78 is 1.45. The summed E-state index contributed by atoms with van der Waals surface area (Å²) in [5, 5.41) is 14.1. The molecule has 1 heterocycles. The van der Waals surface area contributed by atoms with Crippen molar-refractivity contribution in [3.8, 4) is 0 Å². The van der Waals surface area contributed by atoms with Gasteiger partial charge in [0.2, 0.25) is 0 Å². The average Bonchev–Trinajstić information content (AvgIpc) is 2.13. The van der Waals surface area contributed by atoms with Crippen LogP contribution in [0.3, 0.4) is 0 Å². The topological polar surface area (TPSA) is 80.6 Å². The van der Waals surface area contributed by atoms with Gasteiger partial charge in [-0.25, -0.2) is 4.68 Å². The summed E-state index contributed by atoms with van der Waals surface area (Å²) in [6, 6.07) is 0. The van der Waals surface area contributed by atoms with Crippen LogP contribution in [0, 0.1) is 5.41 Å². The molecule has 0 aromatic carbocycles. The second-order valence-corrected chi connectivity index (χ2v) is 1.66. The Morgan fingerprint density at radius 3 is 2.60 bits per heavy atom. The predicted molar refractivity (Wildman–Crippen MR) is 39.3 cm³/mol. The van der Waals surface area contributed by atoms with Gasteiger partial charge in [0.1, 0.15) is 11.5 Å². The van der Waals surface area contributed by atoms with E-state index in [1.54, 1.807) is 7.05 Å². The summed E-state index contributed by atoms with van der Waals surface area (Å²) >= 11 is 0. The van der Waals surface area contributed by atoms with Crippen LogP contribution in [0.1, 0.15) is 5.69 Å². The highest BCUT2D eigenvalue weighted by Crippen LogP contribution is 1.88. The highest BCUT2D eigenvalue weighted by Gasteiger charge is 1.99. The molecule has 0 spiro atoms. The van der Waals surface area contributed by atoms with Gasteiger partial charge in [0.05, 0.1) is 6.20 Å². The summed E-state index contributed by atoms with van der Waals surface area (Å²) in [6.45, 7) is 0. The zero-order valence-corrected chi connectivity index (χ0v) is 6.22. The molecule has 1 rings (SSSR count). The maximum Gasteiger partial charge on any atom is 0.143 e. The maximum absolute atomic E-state index is 6.97. The number of nitrogens with one attached hydrogen (secondary N) is 1. The molecule has 0 aliphatic carbocycles. The Morgan fingerprint density at radius 1 is 1.80 bits per heavy atom. The van der Waals surface area contributed by atoms with Crippen molar-refractivity contribution in [2.45, 2.75) is 0 Å². The molecule has 0 atom stereocenters. The molecule has 0 aliphatic rings. The minimum Gasteiger partial charge on any atom is -0.382 e. The van der Waals surface area contributed by atoms with Crippen LogP contribution >= 0.6 is 12.4 Å². The van der Waals surface area contributed by atoms with Crippen LogP contribution in [0.4, 0.5) is 0 Å². The number of hydrogen-bond donors (Lipinski definition) is 2. The van der Waals surface area contributed by atoms with Crippen LogP contribution in [-0.2, 0) is 7.05 Å². The normalized spacial score (nSPS) is 8.50. The highest BCUT2D eigenvalue weighted by molar-refractivity contribution is 5.92. The minimum atomic E-state index is -0.0116. The minimum absolute atomic E-state index is 0. The molecule has 1 aromatic rings. The van der Waals surface area contributed by atoms with Crippen molar-refractivity contribution >= 4 is 18.2 Å². The number of aromatic nitrogens is 3. The molecule has 0 saturated heterocycles. The summed E-state index contributed by atoms with van der Waals surface area (Å²) in [5.74, 6) is -0.0116. The van der Waals surface area contributed by atoms with Crippen molar-refractivity contribution in [3.63, 3.8) is 0 Å². The van der Waals surface area contributed by atoms with E-state index in [1.807, 2.05) is 0 Å². The third-order valence-corrected chi connectivity index (χ3v) is 0.990. The van der Waals surface area contributed by atoms with E-state index >= 15 is 0 Å². The fourth-order valence-electron chi connectivity index (χ4n) is 0.534. The first-order valence-corrected chi connectivity index (χ1v) is 2.41. The van der Waals surface area contributed by atoms with Crippen LogP contribution in [0.2, 0.25) is 0 Å². The van der Waals surface area contributed by atoms with Crippen LogP contribution in [0.5, 0.6) is 0 Å². The molecule has 0 saturated carbocycles. The smallest absolute Gasteiger partial charge is 0.143 e. The number of rotatable bonds is 1. The van der Waals surface area contributed by atoms with Crippen molar-refractivity contribution in [2.24, 2.45) is 12.8 Å². The third-order valence-electron chi connectivity index (χ3n) is 0.990. The van der Waals surface area contributed by atoms with E-state index in [-0.39, 0.29) is 18.2 Å². The van der Waals surface area contributed by atoms with Gasteiger partial charge in [-0.05, 0) is 0 Å². The molecule has 0 unspecified atom stereocenters. The van der Waals surface area contributed by atoms with Gasteiger partial charge in [-0.2, -0.15) is 0 Å². The molecule has 6 heteroatoms. The Bertz CT molecular complexity index is 229. The monoisotopic (exact) mass is 161 g/mol. The number of nitrogens with zero attached hydrogens (tertiary/aromatic N) is 3. The standard InChI is InChI=1S/C4H7N5.ClH/c1-9-3(4(5)6)2-7-8-9;/h2H,1H3,(H3,5,6);1H. The number of aryl methyl sites for hydroxylation is 1. The molecule has 0 aliphatic heterocycles. The number of nitrogens with two attached hydrogens (primary N) is 1. The van der Waals surface area contributed by atoms with Crippen molar-refractivity contribution in [2.75, 3.05) is 0 Å². The molecular weight excluding hydrogens is 154 g/mol. The van der Waals surface area contributed by atoms with E-state index in [0.717, 1.165) is 0 Å². The van der Waals surface area contributed by atoms with Gasteiger partial charge in [0, 0.05) is 7.05 Å². The lowest BCUT2D eigenvalue weighted by Crippen LogP contribution is -2.15. The number of amidine groups is 1. The fraction of sp³-hybridized carbons (Fsp3) is 0.250. The van der Waals surface area contributed by atoms with Gasteiger partial charge in [-0.3, -0.25) is 5.41 Å². The quantitative estimate of drug-likeness (QED) is 0.431. The van der Waals surface area contributed by atoms with Crippen molar-refractivity contribution in [1.29, 1.82) is 5.41 Å². The van der Waals surface area contributed by atoms with Gasteiger partial charge < -0.3 is 5.73 Å². The lowest BCUT2D eigenvalue weighted by atomic mass is 10.4. The molecule has 0 radical (unpaired) electrons. The summed E-state index contributed by atoms with van der Waals surface area (Å²) in [7, 11) is 1.68. The number of hydrogen-bond acceptors (Lipinski definition) is 3. The van der Waals surface area contributed by atoms with Crippen LogP contribution < -0.4 is 5.73 Å². The van der Waals surface area contributed by atoms with Gasteiger partial charge in [0.25, 0.3) is 0 Å². The van der Waals surface area contributed by atoms with Crippen LogP contribution in [0.15, 0.2) is 6.20 Å². The largest absolute Gasteiger partial charge is 0.382 e. The molecule has 0 amide bonds. The maximum atomic E-state index is 6.97. The first-order chi connectivity index (χ1) is 4.22. The Morgan fingerprint density at radius 2 is 2.40 bits per heavy atom. The van der Waals surface area contributed by atoms with Gasteiger partial charge in [-0.15, -0.1) is 17.5 Å². The van der Waals surface area contributed by atoms with E-state index in [4.69, 9.17) is 11.1 Å². The molecule has 5 nitrogen and oxygen atoms in total. The zero-order chi connectivity index (χ0) is 6.85. The predicted octanol–water partition coefficient (Wildman–Crippen LogP) is -0.479. The van der Waals surface area contributed by atoms with E-state index in [2.05, 4.69) is 10.3 Å². The molecule has 0 fully saturated rings. The second kappa shape index (κ2) is 3.17. The summed E-state index contributed by atoms with van der Waals surface area (Å²) in [4.78, 5) is 0. The Kier molecular flexibility index (Phi) is 2.82. The molecule has 56 valence electrons. The van der Waals surface area contributed by atoms with Crippen molar-refractivity contribution in [1.82, 2.24) is 15.0 Å². The first-order valence-electron chi connectivity index (χ1n) is 2.41. The molecule has 0 bridgehead atoms. The second-order valence-electron chi connectivity index (χ2n) is 1.66. The third kappa shape index (κ3) is 1.44. The average molecular weight is 162 g/mol. The van der Waals surface area contributed by atoms with Gasteiger partial charge in [0.15, 0.2) is 0 Å². The SMILES string of the molecule is Cl.Cn1nncc1C(=N)N. The summed E-state index contributed by atoms with van der Waals surface area (Å²) in [6.07, 6.45) is 1.45. The zero-order valence-electron chi connectivity index (χ0n) is 5.40. The summed E-state index contributed by atoms with van der Waals surface area (Å²) in [5.41, 5.74) is 5.68. The molecular formula is C4H8ClN5. The lowest BCUT2D eigenvalue weighted by Gasteiger charge is -1.93. The van der Waals surface area contributed by atoms with E-state index in [9.17, 15) is 0 Å². The lowest BCUT2D eigenvalue weighted by molar-refractivity contribution is 0.708. The Balaban J connectivity index is 0.000000810. The number of nitrogen functional groups attached to an aromatic ring is 1. The van der Waals surface area contributed by atoms with Gasteiger partial charge in [-0.1, -0.05) is 5.21 Å². The highest BCUT2D eigenvalue weighted by atomic mass is 35.5. The van der Waals surface area contributed by atoms with Crippen molar-refractivity contribution < 1.29 is 0 Å². The fourth-order valence-corrected chi connectivity index (χ4v) is 0.534. The first kappa shape index (κ1) is 8.90. The van der Waals surface area contributed by atoms with Crippen LogP contribution in [-0.4, -0.2) is 20.8 Å². The van der Waals surface area contributed by atoms with Gasteiger partial charge >= 0.3 is 0 Å². The molecule has 10 heavy (non-hydrogen) atoms. The molecule has 3 N–H and O–H groups in total. The van der Waals surface area contributed by atoms with Crippen molar-refractivity contribution in [3.05, 3.63) is 11.9 Å². The Labute approximate surface area is 64.1 Å². The van der Waals surface area contributed by atoms with E-state index in [1.165, 1.54) is 10.9 Å². The molecule has 1 aromatic heterocycles. The Hall–Kier alpha value is -1.10.